The molecule has 0 N–H and O–H groups in total. The summed E-state index contributed by atoms with van der Waals surface area (Å²) in [6, 6.07) is 37.5. The van der Waals surface area contributed by atoms with E-state index in [0.717, 1.165) is 19.3 Å². The van der Waals surface area contributed by atoms with Crippen LogP contribution in [-0.2, 0) is 37.1 Å². The van der Waals surface area contributed by atoms with Crippen LogP contribution in [0.2, 0.25) is 0 Å². The SMILES string of the molecule is [C-]1=CC=CC1.[Zr+2]=[C]1CCCCC1.c1ccc(Cc2ccc3[cH-]c4ccc(Cc5ccccc5)cc4c3c2)cc1. The van der Waals surface area contributed by atoms with E-state index in [1.165, 1.54) is 75.9 Å². The first-order valence-electron chi connectivity index (χ1n) is 14.2. The summed E-state index contributed by atoms with van der Waals surface area (Å²) in [6.07, 6.45) is 19.3. The second kappa shape index (κ2) is 14.4. The molecule has 0 heterocycles. The van der Waals surface area contributed by atoms with Crippen LogP contribution in [0.3, 0.4) is 0 Å². The first-order valence-corrected chi connectivity index (χ1v) is 15.4. The molecule has 1 saturated carbocycles. The third-order valence-corrected chi connectivity index (χ3v) is 8.61. The Labute approximate surface area is 248 Å². The van der Waals surface area contributed by atoms with Crippen LogP contribution in [0.5, 0.6) is 0 Å². The summed E-state index contributed by atoms with van der Waals surface area (Å²) in [5.41, 5.74) is 5.46. The Morgan fingerprint density at radius 3 is 1.54 bits per heavy atom. The molecule has 0 aliphatic heterocycles. The van der Waals surface area contributed by atoms with Gasteiger partial charge in [-0.15, -0.1) is 46.2 Å². The fraction of sp³-hybridized carbons (Fsp3) is 0.211. The number of hydrogen-bond donors (Lipinski definition) is 0. The number of fused-ring (bicyclic) bond motifs is 3. The molecule has 0 radical (unpaired) electrons. The maximum atomic E-state index is 2.99. The summed E-state index contributed by atoms with van der Waals surface area (Å²) in [6.45, 7) is 0. The molecule has 1 fully saturated rings. The van der Waals surface area contributed by atoms with Crippen molar-refractivity contribution in [1.82, 2.24) is 0 Å². The molecule has 2 aliphatic carbocycles. The molecule has 0 nitrogen and oxygen atoms in total. The van der Waals surface area contributed by atoms with E-state index in [4.69, 9.17) is 0 Å². The normalized spacial score (nSPS) is 14.2. The number of benzene rings is 4. The van der Waals surface area contributed by atoms with Gasteiger partial charge < -0.3 is 0 Å². The maximum Gasteiger partial charge on any atom is -0.00385 e. The number of allylic oxidation sites excluding steroid dienone is 4. The Hall–Kier alpha value is -3.02. The average molecular weight is 584 g/mol. The Morgan fingerprint density at radius 2 is 1.15 bits per heavy atom. The Morgan fingerprint density at radius 1 is 0.615 bits per heavy atom. The van der Waals surface area contributed by atoms with Crippen molar-refractivity contribution in [2.24, 2.45) is 0 Å². The Balaban J connectivity index is 0.000000211. The van der Waals surface area contributed by atoms with E-state index >= 15 is 0 Å². The first-order chi connectivity index (χ1) is 19.2. The van der Waals surface area contributed by atoms with E-state index in [1.807, 2.05) is 12.2 Å². The van der Waals surface area contributed by atoms with Crippen LogP contribution in [0.15, 0.2) is 121 Å². The first kappa shape index (κ1) is 27.5. The smallest absolute Gasteiger partial charge is 0.00385 e. The standard InChI is InChI=1S/C27H21.C6H10.C5H5.Zr/c1-3-7-20(8-4-1)15-22-11-13-24-19-25-14-12-23(18-27(25)26(24)17-22)16-21-9-5-2-6-10-21;1-2-4-6-5-3-1;1-2-4-5-3-1;/h1-14,17-19H,15-16H2;1-5H2;1-3H,4H2;/q-1;;-1;+2. The van der Waals surface area contributed by atoms with Gasteiger partial charge in [0.2, 0.25) is 0 Å². The van der Waals surface area contributed by atoms with E-state index in [2.05, 4.69) is 115 Å². The van der Waals surface area contributed by atoms with Gasteiger partial charge in [0.15, 0.2) is 0 Å². The molecule has 1 heteroatoms. The predicted octanol–water partition coefficient (Wildman–Crippen LogP) is 9.87. The van der Waals surface area contributed by atoms with Crippen molar-refractivity contribution in [1.29, 1.82) is 0 Å². The van der Waals surface area contributed by atoms with Gasteiger partial charge in [-0.1, -0.05) is 96.1 Å². The van der Waals surface area contributed by atoms with Crippen molar-refractivity contribution in [2.75, 3.05) is 0 Å². The van der Waals surface area contributed by atoms with Gasteiger partial charge in [-0.05, 0) is 24.0 Å². The molecule has 0 spiro atoms. The molecular formula is C38H36Zr. The van der Waals surface area contributed by atoms with E-state index in [9.17, 15) is 0 Å². The van der Waals surface area contributed by atoms with Crippen molar-refractivity contribution in [3.05, 3.63) is 150 Å². The molecule has 39 heavy (non-hydrogen) atoms. The second-order valence-corrected chi connectivity index (χ2v) is 12.2. The summed E-state index contributed by atoms with van der Waals surface area (Å²) in [5, 5.41) is 5.40. The minimum Gasteiger partial charge on any atom is -0.126 e. The molecule has 5 aromatic rings. The summed E-state index contributed by atoms with van der Waals surface area (Å²) < 4.78 is 1.80. The zero-order valence-corrected chi connectivity index (χ0v) is 25.2. The van der Waals surface area contributed by atoms with Crippen molar-refractivity contribution < 1.29 is 24.2 Å². The third-order valence-electron chi connectivity index (χ3n) is 7.38. The summed E-state index contributed by atoms with van der Waals surface area (Å²) in [4.78, 5) is 0. The predicted molar refractivity (Wildman–Crippen MR) is 165 cm³/mol. The Bertz CT molecular complexity index is 1440. The zero-order chi connectivity index (χ0) is 26.7. The van der Waals surface area contributed by atoms with Crippen LogP contribution >= 0.6 is 0 Å². The molecular weight excluding hydrogens is 548 g/mol. The van der Waals surface area contributed by atoms with Gasteiger partial charge in [0, 0.05) is 0 Å². The van der Waals surface area contributed by atoms with Crippen LogP contribution in [-0.4, -0.2) is 3.21 Å². The molecule has 5 aromatic carbocycles. The fourth-order valence-electron chi connectivity index (χ4n) is 5.29. The van der Waals surface area contributed by atoms with Crippen LogP contribution < -0.4 is 0 Å². The molecule has 192 valence electrons. The van der Waals surface area contributed by atoms with Crippen molar-refractivity contribution >= 4 is 24.8 Å². The van der Waals surface area contributed by atoms with E-state index in [0.29, 0.717) is 0 Å². The fourth-order valence-corrected chi connectivity index (χ4v) is 6.16. The second-order valence-electron chi connectivity index (χ2n) is 10.5. The maximum absolute atomic E-state index is 2.99. The average Bonchev–Trinajstić information content (AvgIpc) is 3.67. The van der Waals surface area contributed by atoms with Gasteiger partial charge in [-0.3, -0.25) is 6.08 Å². The number of rotatable bonds is 4. The molecule has 0 bridgehead atoms. The van der Waals surface area contributed by atoms with Crippen molar-refractivity contribution in [2.45, 2.75) is 51.4 Å². The van der Waals surface area contributed by atoms with Crippen LogP contribution in [0.1, 0.15) is 60.8 Å². The van der Waals surface area contributed by atoms with Crippen LogP contribution in [0, 0.1) is 6.08 Å². The minimum atomic E-state index is 0.979. The van der Waals surface area contributed by atoms with Crippen molar-refractivity contribution in [3.8, 4) is 0 Å². The summed E-state index contributed by atoms with van der Waals surface area (Å²) in [5.74, 6) is 0. The molecule has 7 rings (SSSR count). The molecule has 0 saturated heterocycles. The van der Waals surface area contributed by atoms with Gasteiger partial charge in [-0.2, -0.15) is 6.08 Å². The van der Waals surface area contributed by atoms with Gasteiger partial charge >= 0.3 is 59.5 Å². The summed E-state index contributed by atoms with van der Waals surface area (Å²) >= 11 is 1.69. The third kappa shape index (κ3) is 8.23. The largest absolute Gasteiger partial charge is 0.126 e. The molecule has 0 unspecified atom stereocenters. The molecule has 2 aliphatic rings. The summed E-state index contributed by atoms with van der Waals surface area (Å²) in [7, 11) is 0. The monoisotopic (exact) mass is 582 g/mol. The van der Waals surface area contributed by atoms with Crippen LogP contribution in [0.25, 0.3) is 21.5 Å². The van der Waals surface area contributed by atoms with Gasteiger partial charge in [0.25, 0.3) is 0 Å². The van der Waals surface area contributed by atoms with Crippen molar-refractivity contribution in [3.63, 3.8) is 0 Å². The minimum absolute atomic E-state index is 0.979. The molecule has 0 aromatic heterocycles. The van der Waals surface area contributed by atoms with Gasteiger partial charge in [0.1, 0.15) is 0 Å². The van der Waals surface area contributed by atoms with E-state index in [1.54, 1.807) is 27.4 Å². The zero-order valence-electron chi connectivity index (χ0n) is 22.7. The van der Waals surface area contributed by atoms with Gasteiger partial charge in [-0.25, -0.2) is 12.2 Å². The quantitative estimate of drug-likeness (QED) is 0.185. The molecule has 0 atom stereocenters. The van der Waals surface area contributed by atoms with Crippen LogP contribution in [0.4, 0.5) is 0 Å². The van der Waals surface area contributed by atoms with E-state index in [-0.39, 0.29) is 0 Å². The van der Waals surface area contributed by atoms with Gasteiger partial charge in [0.05, 0.1) is 0 Å². The molecule has 0 amide bonds. The Kier molecular flexibility index (Phi) is 10.2. The number of hydrogen-bond acceptors (Lipinski definition) is 0. The topological polar surface area (TPSA) is 0 Å². The van der Waals surface area contributed by atoms with E-state index < -0.39 is 0 Å².